The third-order valence-corrected chi connectivity index (χ3v) is 1.15. The molecule has 0 spiro atoms. The lowest BCUT2D eigenvalue weighted by Gasteiger charge is -2.13. The molecule has 0 aliphatic carbocycles. The summed E-state index contributed by atoms with van der Waals surface area (Å²) < 4.78 is 0. The molecule has 0 saturated heterocycles. The zero-order valence-electron chi connectivity index (χ0n) is 5.33. The van der Waals surface area contributed by atoms with E-state index in [1.165, 1.54) is 0 Å². The largest absolute Gasteiger partial charge is 0.390 e. The summed E-state index contributed by atoms with van der Waals surface area (Å²) in [4.78, 5) is 0. The molecule has 0 amide bonds. The van der Waals surface area contributed by atoms with Crippen molar-refractivity contribution in [1.29, 1.82) is 0 Å². The Morgan fingerprint density at radius 1 is 1.11 bits per heavy atom. The first kappa shape index (κ1) is 8.84. The molecule has 0 heterocycles. The zero-order chi connectivity index (χ0) is 7.28. The highest BCUT2D eigenvalue weighted by Crippen LogP contribution is 1.94. The number of rotatable bonds is 4. The fourth-order valence-corrected chi connectivity index (χ4v) is 0.520. The van der Waals surface area contributed by atoms with E-state index in [2.05, 4.69) is 0 Å². The van der Waals surface area contributed by atoms with Crippen LogP contribution >= 0.6 is 0 Å². The van der Waals surface area contributed by atoms with Gasteiger partial charge in [-0.15, -0.1) is 0 Å². The molecule has 0 aromatic rings. The van der Waals surface area contributed by atoms with Gasteiger partial charge in [0.2, 0.25) is 0 Å². The van der Waals surface area contributed by atoms with Crippen LogP contribution in [-0.4, -0.2) is 35.5 Å². The van der Waals surface area contributed by atoms with Gasteiger partial charge in [0.1, 0.15) is 0 Å². The minimum atomic E-state index is -0.825. The molecular weight excluding hydrogens is 120 g/mol. The van der Waals surface area contributed by atoms with E-state index >= 15 is 0 Å². The van der Waals surface area contributed by atoms with Gasteiger partial charge in [-0.3, -0.25) is 0 Å². The first-order valence-electron chi connectivity index (χ1n) is 2.98. The van der Waals surface area contributed by atoms with Crippen LogP contribution in [0.5, 0.6) is 0 Å². The second-order valence-corrected chi connectivity index (χ2v) is 1.95. The summed E-state index contributed by atoms with van der Waals surface area (Å²) >= 11 is 0. The Kier molecular flexibility index (Phi) is 4.61. The Bertz CT molecular complexity index is 70.0. The number of hydrogen-bond acceptors (Lipinski definition) is 4. The van der Waals surface area contributed by atoms with Crippen LogP contribution in [0, 0.1) is 0 Å². The Morgan fingerprint density at radius 2 is 1.67 bits per heavy atom. The van der Waals surface area contributed by atoms with Crippen LogP contribution in [-0.2, 0) is 0 Å². The van der Waals surface area contributed by atoms with Crippen molar-refractivity contribution in [2.75, 3.05) is 13.1 Å². The third-order valence-electron chi connectivity index (χ3n) is 1.15. The molecular formula is C5H14N2O2. The van der Waals surface area contributed by atoms with Crippen LogP contribution in [0.1, 0.15) is 6.42 Å². The van der Waals surface area contributed by atoms with Crippen LogP contribution < -0.4 is 11.5 Å². The van der Waals surface area contributed by atoms with Crippen molar-refractivity contribution in [3.8, 4) is 0 Å². The molecule has 56 valence electrons. The molecule has 9 heavy (non-hydrogen) atoms. The SMILES string of the molecule is NCCC(O)C(O)CN. The van der Waals surface area contributed by atoms with Crippen molar-refractivity contribution < 1.29 is 10.2 Å². The lowest BCUT2D eigenvalue weighted by atomic mass is 10.1. The number of nitrogens with two attached hydrogens (primary N) is 2. The maximum atomic E-state index is 8.91. The van der Waals surface area contributed by atoms with Crippen LogP contribution in [0.3, 0.4) is 0 Å². The summed E-state index contributed by atoms with van der Waals surface area (Å²) in [6.07, 6.45) is -1.19. The van der Waals surface area contributed by atoms with Gasteiger partial charge in [-0.05, 0) is 13.0 Å². The van der Waals surface area contributed by atoms with E-state index in [-0.39, 0.29) is 6.54 Å². The van der Waals surface area contributed by atoms with Crippen molar-refractivity contribution in [3.63, 3.8) is 0 Å². The molecule has 2 unspecified atom stereocenters. The van der Waals surface area contributed by atoms with Crippen molar-refractivity contribution >= 4 is 0 Å². The highest BCUT2D eigenvalue weighted by molar-refractivity contribution is 4.67. The zero-order valence-corrected chi connectivity index (χ0v) is 5.33. The molecule has 0 aromatic heterocycles. The highest BCUT2D eigenvalue weighted by atomic mass is 16.3. The maximum absolute atomic E-state index is 8.91. The third kappa shape index (κ3) is 3.42. The fraction of sp³-hybridized carbons (Fsp3) is 1.00. The second-order valence-electron chi connectivity index (χ2n) is 1.95. The van der Waals surface area contributed by atoms with Gasteiger partial charge in [-0.2, -0.15) is 0 Å². The minimum Gasteiger partial charge on any atom is -0.390 e. The molecule has 2 atom stereocenters. The lowest BCUT2D eigenvalue weighted by molar-refractivity contribution is 0.0219. The summed E-state index contributed by atoms with van der Waals surface area (Å²) in [7, 11) is 0. The van der Waals surface area contributed by atoms with E-state index in [0.29, 0.717) is 13.0 Å². The predicted octanol–water partition coefficient (Wildman–Crippen LogP) is -1.98. The average Bonchev–Trinajstić information content (AvgIpc) is 1.87. The van der Waals surface area contributed by atoms with Crippen molar-refractivity contribution in [2.24, 2.45) is 11.5 Å². The molecule has 6 N–H and O–H groups in total. The smallest absolute Gasteiger partial charge is 0.0921 e. The Labute approximate surface area is 54.5 Å². The van der Waals surface area contributed by atoms with Crippen LogP contribution in [0.2, 0.25) is 0 Å². The monoisotopic (exact) mass is 134 g/mol. The molecule has 0 fully saturated rings. The molecule has 0 aliphatic heterocycles. The standard InChI is InChI=1S/C5H14N2O2/c6-2-1-4(8)5(9)3-7/h4-5,8-9H,1-3,6-7H2. The van der Waals surface area contributed by atoms with Gasteiger partial charge in [0.15, 0.2) is 0 Å². The molecule has 0 aliphatic rings. The average molecular weight is 134 g/mol. The summed E-state index contributed by atoms with van der Waals surface area (Å²) in [6.45, 7) is 0.458. The van der Waals surface area contributed by atoms with E-state index in [0.717, 1.165) is 0 Å². The predicted molar refractivity (Wildman–Crippen MR) is 34.7 cm³/mol. The summed E-state index contributed by atoms with van der Waals surface area (Å²) in [5.41, 5.74) is 10.2. The maximum Gasteiger partial charge on any atom is 0.0921 e. The quantitative estimate of drug-likeness (QED) is 0.358. The van der Waals surface area contributed by atoms with Crippen molar-refractivity contribution in [2.45, 2.75) is 18.6 Å². The highest BCUT2D eigenvalue weighted by Gasteiger charge is 2.11. The van der Waals surface area contributed by atoms with Crippen molar-refractivity contribution in [3.05, 3.63) is 0 Å². The van der Waals surface area contributed by atoms with E-state index in [4.69, 9.17) is 21.7 Å². The van der Waals surface area contributed by atoms with Gasteiger partial charge in [-0.1, -0.05) is 0 Å². The van der Waals surface area contributed by atoms with E-state index < -0.39 is 12.2 Å². The summed E-state index contributed by atoms with van der Waals surface area (Å²) in [5, 5.41) is 17.7. The summed E-state index contributed by atoms with van der Waals surface area (Å²) in [6, 6.07) is 0. The molecule has 4 nitrogen and oxygen atoms in total. The molecule has 0 saturated carbocycles. The molecule has 0 rings (SSSR count). The fourth-order valence-electron chi connectivity index (χ4n) is 0.520. The van der Waals surface area contributed by atoms with Crippen LogP contribution in [0.25, 0.3) is 0 Å². The van der Waals surface area contributed by atoms with Gasteiger partial charge in [-0.25, -0.2) is 0 Å². The van der Waals surface area contributed by atoms with Crippen LogP contribution in [0.15, 0.2) is 0 Å². The van der Waals surface area contributed by atoms with Gasteiger partial charge >= 0.3 is 0 Å². The van der Waals surface area contributed by atoms with Gasteiger partial charge in [0.05, 0.1) is 12.2 Å². The van der Waals surface area contributed by atoms with Crippen molar-refractivity contribution in [1.82, 2.24) is 0 Å². The number of aliphatic hydroxyl groups is 2. The molecule has 0 radical (unpaired) electrons. The van der Waals surface area contributed by atoms with E-state index in [1.54, 1.807) is 0 Å². The van der Waals surface area contributed by atoms with Gasteiger partial charge < -0.3 is 21.7 Å². The minimum absolute atomic E-state index is 0.0845. The normalized spacial score (nSPS) is 17.3. The Balaban J connectivity index is 3.32. The molecule has 0 bridgehead atoms. The van der Waals surface area contributed by atoms with Crippen LogP contribution in [0.4, 0.5) is 0 Å². The summed E-state index contributed by atoms with van der Waals surface area (Å²) in [5.74, 6) is 0. The van der Waals surface area contributed by atoms with Gasteiger partial charge in [0.25, 0.3) is 0 Å². The lowest BCUT2D eigenvalue weighted by Crippen LogP contribution is -2.34. The number of aliphatic hydroxyl groups excluding tert-OH is 2. The second kappa shape index (κ2) is 4.69. The molecule has 0 aromatic carbocycles. The first-order chi connectivity index (χ1) is 4.22. The van der Waals surface area contributed by atoms with Gasteiger partial charge in [0, 0.05) is 6.54 Å². The Morgan fingerprint density at radius 3 is 2.00 bits per heavy atom. The molecule has 4 heteroatoms. The van der Waals surface area contributed by atoms with E-state index in [9.17, 15) is 0 Å². The first-order valence-corrected chi connectivity index (χ1v) is 2.98. The topological polar surface area (TPSA) is 92.5 Å². The Hall–Kier alpha value is -0.160. The number of hydrogen-bond donors (Lipinski definition) is 4. The van der Waals surface area contributed by atoms with E-state index in [1.807, 2.05) is 0 Å².